The lowest BCUT2D eigenvalue weighted by atomic mass is 10.1. The van der Waals surface area contributed by atoms with Crippen molar-refractivity contribution in [1.29, 1.82) is 0 Å². The Balaban J connectivity index is 2.08. The first kappa shape index (κ1) is 9.59. The van der Waals surface area contributed by atoms with Gasteiger partial charge in [-0.1, -0.05) is 17.7 Å². The van der Waals surface area contributed by atoms with E-state index in [-0.39, 0.29) is 5.91 Å². The van der Waals surface area contributed by atoms with E-state index in [0.29, 0.717) is 5.25 Å². The fourth-order valence-corrected chi connectivity index (χ4v) is 1.89. The van der Waals surface area contributed by atoms with Crippen molar-refractivity contribution < 1.29 is 4.79 Å². The maximum atomic E-state index is 11.8. The fourth-order valence-electron chi connectivity index (χ4n) is 1.50. The van der Waals surface area contributed by atoms with Crippen LogP contribution in [0.2, 0.25) is 0 Å². The normalized spacial score (nSPS) is 16.6. The van der Waals surface area contributed by atoms with Crippen molar-refractivity contribution in [3.05, 3.63) is 35.4 Å². The molecule has 1 heterocycles. The Morgan fingerprint density at radius 1 is 1.36 bits per heavy atom. The third-order valence-electron chi connectivity index (χ3n) is 2.45. The van der Waals surface area contributed by atoms with Crippen LogP contribution in [0.15, 0.2) is 24.3 Å². The third-order valence-corrected chi connectivity index (χ3v) is 2.77. The van der Waals surface area contributed by atoms with Gasteiger partial charge in [0.1, 0.15) is 0 Å². The third kappa shape index (κ3) is 1.77. The lowest BCUT2D eigenvalue weighted by Gasteiger charge is -2.36. The first-order valence-corrected chi connectivity index (χ1v) is 5.22. The maximum absolute atomic E-state index is 11.8. The van der Waals surface area contributed by atoms with Gasteiger partial charge in [-0.3, -0.25) is 4.79 Å². The number of carbonyl (C=O) groups is 1. The molecule has 74 valence electrons. The van der Waals surface area contributed by atoms with Gasteiger partial charge in [0.25, 0.3) is 5.91 Å². The second-order valence-electron chi connectivity index (χ2n) is 3.73. The second-order valence-corrected chi connectivity index (χ2v) is 4.46. The number of hydrogen-bond donors (Lipinski definition) is 1. The van der Waals surface area contributed by atoms with Gasteiger partial charge >= 0.3 is 0 Å². The molecule has 0 bridgehead atoms. The standard InChI is InChI=1S/C11H13NOS/c1-8-2-4-9(5-3-8)11(13)12-6-10(14)7-12/h2-5,10,14H,6-7H2,1H3. The number of aryl methyl sites for hydroxylation is 1. The highest BCUT2D eigenvalue weighted by molar-refractivity contribution is 7.81. The average molecular weight is 207 g/mol. The molecule has 1 fully saturated rings. The summed E-state index contributed by atoms with van der Waals surface area (Å²) in [6.07, 6.45) is 0. The van der Waals surface area contributed by atoms with E-state index in [4.69, 9.17) is 0 Å². The van der Waals surface area contributed by atoms with Gasteiger partial charge in [-0.25, -0.2) is 0 Å². The van der Waals surface area contributed by atoms with Crippen LogP contribution in [0.4, 0.5) is 0 Å². The van der Waals surface area contributed by atoms with Gasteiger partial charge in [0.05, 0.1) is 0 Å². The van der Waals surface area contributed by atoms with E-state index >= 15 is 0 Å². The van der Waals surface area contributed by atoms with Crippen molar-refractivity contribution >= 4 is 18.5 Å². The molecule has 2 nitrogen and oxygen atoms in total. The Morgan fingerprint density at radius 2 is 1.93 bits per heavy atom. The molecule has 0 saturated carbocycles. The van der Waals surface area contributed by atoms with Crippen molar-refractivity contribution in [3.8, 4) is 0 Å². The predicted octanol–water partition coefficient (Wildman–Crippen LogP) is 1.75. The molecule has 0 N–H and O–H groups in total. The fraction of sp³-hybridized carbons (Fsp3) is 0.364. The highest BCUT2D eigenvalue weighted by Gasteiger charge is 2.28. The van der Waals surface area contributed by atoms with E-state index in [0.717, 1.165) is 18.7 Å². The molecule has 0 spiro atoms. The summed E-state index contributed by atoms with van der Waals surface area (Å²) >= 11 is 4.27. The summed E-state index contributed by atoms with van der Waals surface area (Å²) in [4.78, 5) is 13.6. The van der Waals surface area contributed by atoms with Crippen molar-refractivity contribution in [2.24, 2.45) is 0 Å². The van der Waals surface area contributed by atoms with E-state index < -0.39 is 0 Å². The molecule has 1 aliphatic rings. The van der Waals surface area contributed by atoms with Gasteiger partial charge in [-0.15, -0.1) is 0 Å². The quantitative estimate of drug-likeness (QED) is 0.696. The van der Waals surface area contributed by atoms with E-state index in [1.165, 1.54) is 5.56 Å². The molecule has 0 aliphatic carbocycles. The lowest BCUT2D eigenvalue weighted by molar-refractivity contribution is 0.0665. The van der Waals surface area contributed by atoms with E-state index in [2.05, 4.69) is 12.6 Å². The van der Waals surface area contributed by atoms with Crippen LogP contribution in [0.1, 0.15) is 15.9 Å². The van der Waals surface area contributed by atoms with Crippen LogP contribution in [0.3, 0.4) is 0 Å². The highest BCUT2D eigenvalue weighted by Crippen LogP contribution is 2.17. The Bertz CT molecular complexity index is 341. The van der Waals surface area contributed by atoms with Crippen molar-refractivity contribution in [2.75, 3.05) is 13.1 Å². The summed E-state index contributed by atoms with van der Waals surface area (Å²) < 4.78 is 0. The Morgan fingerprint density at radius 3 is 2.43 bits per heavy atom. The minimum atomic E-state index is 0.121. The number of benzene rings is 1. The van der Waals surface area contributed by atoms with Crippen molar-refractivity contribution in [3.63, 3.8) is 0 Å². The predicted molar refractivity (Wildman–Crippen MR) is 59.9 cm³/mol. The van der Waals surface area contributed by atoms with Gasteiger partial charge in [0.2, 0.25) is 0 Å². The van der Waals surface area contributed by atoms with E-state index in [1.807, 2.05) is 36.1 Å². The van der Waals surface area contributed by atoms with Gasteiger partial charge in [-0.05, 0) is 19.1 Å². The first-order chi connectivity index (χ1) is 6.66. The molecule has 0 aromatic heterocycles. The molecule has 1 saturated heterocycles. The van der Waals surface area contributed by atoms with Crippen LogP contribution in [0.25, 0.3) is 0 Å². The number of rotatable bonds is 1. The molecule has 1 amide bonds. The summed E-state index contributed by atoms with van der Waals surface area (Å²) in [6.45, 7) is 3.56. The van der Waals surface area contributed by atoms with Crippen LogP contribution in [-0.4, -0.2) is 29.1 Å². The minimum absolute atomic E-state index is 0.121. The number of thiol groups is 1. The van der Waals surface area contributed by atoms with Crippen LogP contribution in [-0.2, 0) is 0 Å². The van der Waals surface area contributed by atoms with Gasteiger partial charge in [0, 0.05) is 23.9 Å². The van der Waals surface area contributed by atoms with E-state index in [9.17, 15) is 4.79 Å². The molecule has 14 heavy (non-hydrogen) atoms. The number of carbonyl (C=O) groups excluding carboxylic acids is 1. The molecule has 1 aliphatic heterocycles. The Kier molecular flexibility index (Phi) is 2.50. The molecule has 2 rings (SSSR count). The van der Waals surface area contributed by atoms with Gasteiger partial charge in [0.15, 0.2) is 0 Å². The maximum Gasteiger partial charge on any atom is 0.253 e. The molecule has 0 unspecified atom stereocenters. The highest BCUT2D eigenvalue weighted by atomic mass is 32.1. The SMILES string of the molecule is Cc1ccc(C(=O)N2CC(S)C2)cc1. The molecule has 1 aromatic rings. The summed E-state index contributed by atoms with van der Waals surface area (Å²) in [7, 11) is 0. The molecular weight excluding hydrogens is 194 g/mol. The molecule has 3 heteroatoms. The Hall–Kier alpha value is -0.960. The van der Waals surface area contributed by atoms with Crippen molar-refractivity contribution in [1.82, 2.24) is 4.90 Å². The monoisotopic (exact) mass is 207 g/mol. The van der Waals surface area contributed by atoms with Gasteiger partial charge < -0.3 is 4.90 Å². The number of nitrogens with zero attached hydrogens (tertiary/aromatic N) is 1. The smallest absolute Gasteiger partial charge is 0.253 e. The number of likely N-dealkylation sites (tertiary alicyclic amines) is 1. The average Bonchev–Trinajstić information content (AvgIpc) is 2.13. The molecular formula is C11H13NOS. The lowest BCUT2D eigenvalue weighted by Crippen LogP contribution is -2.51. The summed E-state index contributed by atoms with van der Waals surface area (Å²) in [5.74, 6) is 0.121. The minimum Gasteiger partial charge on any atom is -0.336 e. The Labute approximate surface area is 89.3 Å². The summed E-state index contributed by atoms with van der Waals surface area (Å²) in [5.41, 5.74) is 1.95. The molecule has 0 radical (unpaired) electrons. The number of hydrogen-bond acceptors (Lipinski definition) is 2. The zero-order chi connectivity index (χ0) is 10.1. The van der Waals surface area contributed by atoms with Gasteiger partial charge in [-0.2, -0.15) is 12.6 Å². The van der Waals surface area contributed by atoms with Crippen molar-refractivity contribution in [2.45, 2.75) is 12.2 Å². The van der Waals surface area contributed by atoms with Crippen LogP contribution >= 0.6 is 12.6 Å². The summed E-state index contributed by atoms with van der Waals surface area (Å²) in [6, 6.07) is 7.68. The molecule has 0 atom stereocenters. The summed E-state index contributed by atoms with van der Waals surface area (Å²) in [5, 5.41) is 0.365. The van der Waals surface area contributed by atoms with Crippen LogP contribution < -0.4 is 0 Å². The number of amides is 1. The van der Waals surface area contributed by atoms with Crippen LogP contribution in [0, 0.1) is 6.92 Å². The largest absolute Gasteiger partial charge is 0.336 e. The second kappa shape index (κ2) is 3.65. The van der Waals surface area contributed by atoms with E-state index in [1.54, 1.807) is 0 Å². The zero-order valence-corrected chi connectivity index (χ0v) is 9.00. The first-order valence-electron chi connectivity index (χ1n) is 4.71. The van der Waals surface area contributed by atoms with Crippen LogP contribution in [0.5, 0.6) is 0 Å². The zero-order valence-electron chi connectivity index (χ0n) is 8.10. The molecule has 1 aromatic carbocycles. The topological polar surface area (TPSA) is 20.3 Å².